The minimum Gasteiger partial charge on any atom is -0.478 e. The maximum Gasteiger partial charge on any atom is 0.417 e. The number of carbonyl (C=O) groups is 1. The highest BCUT2D eigenvalue weighted by Crippen LogP contribution is 2.67. The molecule has 0 N–H and O–H groups in total. The van der Waals surface area contributed by atoms with Gasteiger partial charge in [-0.25, -0.2) is 22.6 Å². The van der Waals surface area contributed by atoms with Crippen LogP contribution in [-0.2, 0) is 43.3 Å². The molecule has 0 amide bonds. The van der Waals surface area contributed by atoms with Crippen LogP contribution < -0.4 is 4.74 Å². The molecule has 5 rings (SSSR count). The molecule has 1 fully saturated rings. The summed E-state index contributed by atoms with van der Waals surface area (Å²) in [4.78, 5) is 17.0. The number of hydrogen-bond acceptors (Lipinski definition) is 7. The second kappa shape index (κ2) is 11.3. The molecule has 3 atom stereocenters. The van der Waals surface area contributed by atoms with Crippen molar-refractivity contribution in [2.24, 2.45) is 5.92 Å². The summed E-state index contributed by atoms with van der Waals surface area (Å²) < 4.78 is 96.3. The smallest absolute Gasteiger partial charge is 0.417 e. The zero-order valence-electron chi connectivity index (χ0n) is 22.9. The molecule has 7 nitrogen and oxygen atoms in total. The Labute approximate surface area is 240 Å². The van der Waals surface area contributed by atoms with Gasteiger partial charge in [0.2, 0.25) is 5.88 Å². The number of benzene rings is 2. The number of hydrogen-bond donors (Lipinski definition) is 0. The molecule has 0 radical (unpaired) electrons. The Morgan fingerprint density at radius 1 is 1.14 bits per heavy atom. The molecule has 12 heteroatoms. The number of sulfone groups is 1. The molecule has 0 spiro atoms. The summed E-state index contributed by atoms with van der Waals surface area (Å²) in [7, 11) is -3.24. The maximum absolute atomic E-state index is 14.9. The van der Waals surface area contributed by atoms with Gasteiger partial charge in [0, 0.05) is 41.5 Å². The maximum atomic E-state index is 14.9. The molecule has 3 unspecified atom stereocenters. The molecule has 1 saturated carbocycles. The van der Waals surface area contributed by atoms with Crippen molar-refractivity contribution in [2.75, 3.05) is 25.2 Å². The molecule has 1 heterocycles. The Kier molecular flexibility index (Phi) is 8.06. The van der Waals surface area contributed by atoms with E-state index in [1.165, 1.54) is 12.1 Å². The van der Waals surface area contributed by atoms with E-state index < -0.39 is 39.0 Å². The van der Waals surface area contributed by atoms with Crippen molar-refractivity contribution >= 4 is 15.8 Å². The lowest BCUT2D eigenvalue weighted by molar-refractivity contribution is -0.163. The van der Waals surface area contributed by atoms with Crippen molar-refractivity contribution in [3.05, 3.63) is 82.8 Å². The normalized spacial score (nSPS) is 21.0. The fourth-order valence-electron chi connectivity index (χ4n) is 5.72. The predicted molar refractivity (Wildman–Crippen MR) is 145 cm³/mol. The number of carbonyl (C=O) groups excluding carboxylic acids is 1. The number of alkyl halides is 3. The monoisotopic (exact) mass is 607 g/mol. The van der Waals surface area contributed by atoms with Crippen molar-refractivity contribution in [1.29, 1.82) is 0 Å². The summed E-state index contributed by atoms with van der Waals surface area (Å²) in [5.41, 5.74) is -0.534. The number of esters is 1. The third-order valence-corrected chi connectivity index (χ3v) is 8.68. The van der Waals surface area contributed by atoms with Crippen LogP contribution in [0.3, 0.4) is 0 Å². The van der Waals surface area contributed by atoms with Crippen LogP contribution in [0, 0.1) is 11.7 Å². The van der Waals surface area contributed by atoms with Crippen LogP contribution in [-0.4, -0.2) is 50.2 Å². The summed E-state index contributed by atoms with van der Waals surface area (Å²) in [5, 5.41) is 0. The van der Waals surface area contributed by atoms with E-state index in [4.69, 9.17) is 14.2 Å². The van der Waals surface area contributed by atoms with E-state index in [-0.39, 0.29) is 66.4 Å². The number of halogens is 4. The van der Waals surface area contributed by atoms with Crippen molar-refractivity contribution in [3.63, 3.8) is 0 Å². The van der Waals surface area contributed by atoms with Gasteiger partial charge in [-0.15, -0.1) is 0 Å². The van der Waals surface area contributed by atoms with E-state index in [9.17, 15) is 30.8 Å². The second-order valence-electron chi connectivity index (χ2n) is 10.5. The molecule has 42 heavy (non-hydrogen) atoms. The molecular weight excluding hydrogens is 578 g/mol. The summed E-state index contributed by atoms with van der Waals surface area (Å²) in [6.07, 6.45) is -2.07. The van der Waals surface area contributed by atoms with Gasteiger partial charge in [0.05, 0.1) is 31.1 Å². The number of aromatic nitrogens is 1. The van der Waals surface area contributed by atoms with E-state index in [1.54, 1.807) is 6.92 Å². The first-order valence-electron chi connectivity index (χ1n) is 13.4. The molecule has 2 aromatic carbocycles. The average Bonchev–Trinajstić information content (AvgIpc) is 3.39. The van der Waals surface area contributed by atoms with Gasteiger partial charge in [-0.05, 0) is 48.6 Å². The summed E-state index contributed by atoms with van der Waals surface area (Å²) in [6.45, 7) is 1.33. The number of ether oxygens (including phenoxy) is 3. The fourth-order valence-corrected chi connectivity index (χ4v) is 6.36. The van der Waals surface area contributed by atoms with E-state index in [1.807, 2.05) is 24.3 Å². The van der Waals surface area contributed by atoms with Gasteiger partial charge in [-0.2, -0.15) is 13.2 Å². The second-order valence-corrected chi connectivity index (χ2v) is 12.8. The Morgan fingerprint density at radius 3 is 2.62 bits per heavy atom. The van der Waals surface area contributed by atoms with Gasteiger partial charge in [-0.1, -0.05) is 30.3 Å². The SMILES string of the molecule is CCOC(=O)C1(OCc2cc(-c3cnc(OCCCS(C)(=O)=O)cc3C(F)(F)F)ccc2F)C2Cc3ccccc3C21. The minimum atomic E-state index is -4.79. The zero-order valence-corrected chi connectivity index (χ0v) is 23.7. The first kappa shape index (κ1) is 30.0. The molecule has 3 aromatic rings. The Balaban J connectivity index is 1.38. The van der Waals surface area contributed by atoms with Gasteiger partial charge < -0.3 is 14.2 Å². The van der Waals surface area contributed by atoms with E-state index >= 15 is 0 Å². The molecule has 2 aliphatic carbocycles. The highest BCUT2D eigenvalue weighted by molar-refractivity contribution is 7.90. The molecule has 0 bridgehead atoms. The number of fused-ring (bicyclic) bond motifs is 3. The van der Waals surface area contributed by atoms with Crippen LogP contribution in [0.25, 0.3) is 11.1 Å². The highest BCUT2D eigenvalue weighted by Gasteiger charge is 2.75. The van der Waals surface area contributed by atoms with E-state index in [2.05, 4.69) is 4.98 Å². The minimum absolute atomic E-state index is 0.0244. The molecule has 0 aliphatic heterocycles. The van der Waals surface area contributed by atoms with E-state index in [0.29, 0.717) is 6.42 Å². The predicted octanol–water partition coefficient (Wildman–Crippen LogP) is 5.51. The lowest BCUT2D eigenvalue weighted by atomic mass is 9.99. The summed E-state index contributed by atoms with van der Waals surface area (Å²) >= 11 is 0. The number of nitrogens with zero attached hydrogens (tertiary/aromatic N) is 1. The highest BCUT2D eigenvalue weighted by atomic mass is 32.2. The van der Waals surface area contributed by atoms with Crippen LogP contribution in [0.1, 0.15) is 41.5 Å². The third-order valence-electron chi connectivity index (χ3n) is 7.65. The Hall–Kier alpha value is -3.51. The summed E-state index contributed by atoms with van der Waals surface area (Å²) in [6, 6.07) is 11.9. The zero-order chi connectivity index (χ0) is 30.3. The molecule has 224 valence electrons. The fraction of sp³-hybridized carbons (Fsp3) is 0.400. The summed E-state index contributed by atoms with van der Waals surface area (Å²) in [5.74, 6) is -2.15. The molecular formula is C30H29F4NO6S. The quantitative estimate of drug-likeness (QED) is 0.161. The molecule has 2 aliphatic rings. The standard InChI is InChI=1S/C30H29F4NO6S/c1-3-39-28(36)29(24-14-18-7-4-5-8-21(18)27(24)29)41-17-20-13-19(9-10-25(20)31)22-16-35-26(15-23(22)30(32,33)34)40-11-6-12-42(2,37)38/h4-5,7-10,13,15-16,24,27H,3,6,11-12,14,17H2,1-2H3. The van der Waals surface area contributed by atoms with Crippen LogP contribution >= 0.6 is 0 Å². The first-order chi connectivity index (χ1) is 19.8. The van der Waals surface area contributed by atoms with Gasteiger partial charge in [-0.3, -0.25) is 0 Å². The van der Waals surface area contributed by atoms with Gasteiger partial charge in [0.1, 0.15) is 15.7 Å². The van der Waals surface area contributed by atoms with Crippen LogP contribution in [0.5, 0.6) is 5.88 Å². The van der Waals surface area contributed by atoms with Crippen LogP contribution in [0.2, 0.25) is 0 Å². The Bertz CT molecular complexity index is 1610. The third kappa shape index (κ3) is 5.87. The molecule has 1 aromatic heterocycles. The largest absolute Gasteiger partial charge is 0.478 e. The topological polar surface area (TPSA) is 91.8 Å². The van der Waals surface area contributed by atoms with Gasteiger partial charge in [0.15, 0.2) is 5.60 Å². The lowest BCUT2D eigenvalue weighted by Gasteiger charge is -2.22. The average molecular weight is 608 g/mol. The van der Waals surface area contributed by atoms with E-state index in [0.717, 1.165) is 35.7 Å². The van der Waals surface area contributed by atoms with Crippen molar-refractivity contribution < 1.29 is 45.0 Å². The van der Waals surface area contributed by atoms with Gasteiger partial charge in [0.25, 0.3) is 0 Å². The lowest BCUT2D eigenvalue weighted by Crippen LogP contribution is -2.34. The van der Waals surface area contributed by atoms with Crippen molar-refractivity contribution in [3.8, 4) is 17.0 Å². The van der Waals surface area contributed by atoms with Crippen LogP contribution in [0.4, 0.5) is 17.6 Å². The van der Waals surface area contributed by atoms with Crippen molar-refractivity contribution in [2.45, 2.75) is 44.1 Å². The number of rotatable bonds is 11. The number of pyridine rings is 1. The Morgan fingerprint density at radius 2 is 1.90 bits per heavy atom. The first-order valence-corrected chi connectivity index (χ1v) is 15.5. The molecule has 0 saturated heterocycles. The van der Waals surface area contributed by atoms with Crippen molar-refractivity contribution in [1.82, 2.24) is 4.98 Å². The van der Waals surface area contributed by atoms with Gasteiger partial charge >= 0.3 is 12.1 Å². The van der Waals surface area contributed by atoms with Crippen LogP contribution in [0.15, 0.2) is 54.7 Å².